The first-order valence-corrected chi connectivity index (χ1v) is 10.7. The van der Waals surface area contributed by atoms with E-state index in [0.29, 0.717) is 35.3 Å². The summed E-state index contributed by atoms with van der Waals surface area (Å²) in [7, 11) is -1.82. The Morgan fingerprint density at radius 1 is 1.42 bits per heavy atom. The van der Waals surface area contributed by atoms with E-state index in [-0.39, 0.29) is 11.7 Å². The molecule has 140 valence electrons. The molecule has 3 rings (SSSR count). The van der Waals surface area contributed by atoms with Crippen molar-refractivity contribution in [3.05, 3.63) is 24.3 Å². The molecule has 8 nitrogen and oxygen atoms in total. The summed E-state index contributed by atoms with van der Waals surface area (Å²) in [5, 5.41) is 11.8. The third-order valence-corrected chi connectivity index (χ3v) is 6.97. The third-order valence-electron chi connectivity index (χ3n) is 4.20. The van der Waals surface area contributed by atoms with Crippen LogP contribution in [0.3, 0.4) is 0 Å². The van der Waals surface area contributed by atoms with Gasteiger partial charge in [0.2, 0.25) is 21.1 Å². The molecule has 1 atom stereocenters. The molecule has 1 aliphatic rings. The fraction of sp³-hybridized carbons (Fsp3) is 0.438. The highest BCUT2D eigenvalue weighted by Gasteiger charge is 2.38. The molecule has 10 heteroatoms. The molecule has 1 aromatic carbocycles. The predicted octanol–water partition coefficient (Wildman–Crippen LogP) is 1.97. The standard InChI is InChI=1S/C16H20N4O4S2/c1-3-26(22,23)20-9-5-8-13(20)14(21)17-16-19-18-15(25-16)11-6-4-7-12(10-11)24-2/h4,6-7,10,13H,3,5,8-9H2,1-2H3,(H,17,19,21). The average molecular weight is 396 g/mol. The maximum Gasteiger partial charge on any atom is 0.244 e. The number of methoxy groups -OCH3 is 1. The number of sulfonamides is 1. The molecule has 0 aliphatic carbocycles. The van der Waals surface area contributed by atoms with E-state index in [9.17, 15) is 13.2 Å². The van der Waals surface area contributed by atoms with E-state index in [1.807, 2.05) is 24.3 Å². The van der Waals surface area contributed by atoms with Crippen molar-refractivity contribution < 1.29 is 17.9 Å². The molecule has 0 saturated carbocycles. The highest BCUT2D eigenvalue weighted by molar-refractivity contribution is 7.89. The van der Waals surface area contributed by atoms with Crippen LogP contribution < -0.4 is 10.1 Å². The molecule has 0 radical (unpaired) electrons. The number of ether oxygens (including phenoxy) is 1. The Balaban J connectivity index is 1.73. The molecular formula is C16H20N4O4S2. The number of rotatable bonds is 6. The van der Waals surface area contributed by atoms with Crippen LogP contribution in [-0.4, -0.2) is 54.3 Å². The lowest BCUT2D eigenvalue weighted by Gasteiger charge is -2.21. The largest absolute Gasteiger partial charge is 0.497 e. The minimum absolute atomic E-state index is 0.0183. The van der Waals surface area contributed by atoms with Crippen molar-refractivity contribution >= 4 is 32.4 Å². The van der Waals surface area contributed by atoms with Gasteiger partial charge in [0.1, 0.15) is 16.8 Å². The van der Waals surface area contributed by atoms with Crippen molar-refractivity contribution in [3.8, 4) is 16.3 Å². The second-order valence-corrected chi connectivity index (χ2v) is 8.99. The zero-order chi connectivity index (χ0) is 18.7. The maximum absolute atomic E-state index is 12.5. The van der Waals surface area contributed by atoms with Gasteiger partial charge in [0, 0.05) is 12.1 Å². The van der Waals surface area contributed by atoms with E-state index in [2.05, 4.69) is 15.5 Å². The van der Waals surface area contributed by atoms with E-state index in [4.69, 9.17) is 4.74 Å². The fourth-order valence-electron chi connectivity index (χ4n) is 2.84. The highest BCUT2D eigenvalue weighted by atomic mass is 32.2. The summed E-state index contributed by atoms with van der Waals surface area (Å²) in [6.07, 6.45) is 1.18. The molecule has 1 N–H and O–H groups in total. The lowest BCUT2D eigenvalue weighted by molar-refractivity contribution is -0.119. The van der Waals surface area contributed by atoms with Crippen LogP contribution in [0.15, 0.2) is 24.3 Å². The number of benzene rings is 1. The van der Waals surface area contributed by atoms with Crippen LogP contribution >= 0.6 is 11.3 Å². The van der Waals surface area contributed by atoms with Gasteiger partial charge in [-0.1, -0.05) is 23.5 Å². The number of anilines is 1. The zero-order valence-corrected chi connectivity index (χ0v) is 16.1. The van der Waals surface area contributed by atoms with Gasteiger partial charge < -0.3 is 4.74 Å². The first-order valence-electron chi connectivity index (χ1n) is 8.23. The molecule has 26 heavy (non-hydrogen) atoms. The van der Waals surface area contributed by atoms with Crippen molar-refractivity contribution in [1.29, 1.82) is 0 Å². The van der Waals surface area contributed by atoms with Crippen LogP contribution in [-0.2, 0) is 14.8 Å². The quantitative estimate of drug-likeness (QED) is 0.801. The summed E-state index contributed by atoms with van der Waals surface area (Å²) < 4.78 is 30.7. The number of nitrogens with one attached hydrogen (secondary N) is 1. The van der Waals surface area contributed by atoms with Crippen LogP contribution in [0.4, 0.5) is 5.13 Å². The van der Waals surface area contributed by atoms with Crippen LogP contribution in [0.2, 0.25) is 0 Å². The van der Waals surface area contributed by atoms with E-state index < -0.39 is 16.1 Å². The molecule has 0 spiro atoms. The first kappa shape index (κ1) is 18.7. The molecule has 1 fully saturated rings. The molecule has 2 aromatic rings. The SMILES string of the molecule is CCS(=O)(=O)N1CCCC1C(=O)Nc1nnc(-c2cccc(OC)c2)s1. The van der Waals surface area contributed by atoms with Crippen LogP contribution in [0.5, 0.6) is 5.75 Å². The van der Waals surface area contributed by atoms with Gasteiger partial charge in [-0.25, -0.2) is 8.42 Å². The van der Waals surface area contributed by atoms with Crippen molar-refractivity contribution in [1.82, 2.24) is 14.5 Å². The highest BCUT2D eigenvalue weighted by Crippen LogP contribution is 2.29. The van der Waals surface area contributed by atoms with Crippen LogP contribution in [0.25, 0.3) is 10.6 Å². The molecule has 1 aromatic heterocycles. The van der Waals surface area contributed by atoms with Crippen molar-refractivity contribution in [2.24, 2.45) is 0 Å². The Morgan fingerprint density at radius 3 is 2.96 bits per heavy atom. The Morgan fingerprint density at radius 2 is 2.23 bits per heavy atom. The number of nitrogens with zero attached hydrogens (tertiary/aromatic N) is 3. The summed E-state index contributed by atoms with van der Waals surface area (Å²) in [5.74, 6) is 0.317. The maximum atomic E-state index is 12.5. The van der Waals surface area contributed by atoms with E-state index >= 15 is 0 Å². The van der Waals surface area contributed by atoms with Gasteiger partial charge in [-0.3, -0.25) is 10.1 Å². The van der Waals surface area contributed by atoms with Gasteiger partial charge in [-0.05, 0) is 31.9 Å². The average Bonchev–Trinajstić information content (AvgIpc) is 3.31. The number of carbonyl (C=O) groups is 1. The minimum atomic E-state index is -3.40. The van der Waals surface area contributed by atoms with Crippen molar-refractivity contribution in [2.75, 3.05) is 24.7 Å². The number of carbonyl (C=O) groups excluding carboxylic acids is 1. The minimum Gasteiger partial charge on any atom is -0.497 e. The Hall–Kier alpha value is -2.04. The predicted molar refractivity (Wildman–Crippen MR) is 99.7 cm³/mol. The van der Waals surface area contributed by atoms with Gasteiger partial charge in [0.05, 0.1) is 12.9 Å². The number of hydrogen-bond donors (Lipinski definition) is 1. The van der Waals surface area contributed by atoms with Crippen molar-refractivity contribution in [3.63, 3.8) is 0 Å². The molecule has 1 saturated heterocycles. The zero-order valence-electron chi connectivity index (χ0n) is 14.5. The smallest absolute Gasteiger partial charge is 0.244 e. The number of amides is 1. The summed E-state index contributed by atoms with van der Waals surface area (Å²) in [5.41, 5.74) is 0.832. The second kappa shape index (κ2) is 7.68. The number of hydrogen-bond acceptors (Lipinski definition) is 7. The molecular weight excluding hydrogens is 376 g/mol. The Kier molecular flexibility index (Phi) is 5.54. The topological polar surface area (TPSA) is 101 Å². The molecule has 2 heterocycles. The van der Waals surface area contributed by atoms with E-state index in [0.717, 1.165) is 5.56 Å². The van der Waals surface area contributed by atoms with E-state index in [1.165, 1.54) is 15.6 Å². The monoisotopic (exact) mass is 396 g/mol. The van der Waals surface area contributed by atoms with Crippen LogP contribution in [0, 0.1) is 0 Å². The first-order chi connectivity index (χ1) is 12.4. The number of aromatic nitrogens is 2. The van der Waals surface area contributed by atoms with Gasteiger partial charge in [-0.15, -0.1) is 10.2 Å². The fourth-order valence-corrected chi connectivity index (χ4v) is 4.91. The Labute approximate surface area is 156 Å². The summed E-state index contributed by atoms with van der Waals surface area (Å²) in [6.45, 7) is 1.95. The lowest BCUT2D eigenvalue weighted by atomic mass is 10.2. The van der Waals surface area contributed by atoms with Crippen molar-refractivity contribution in [2.45, 2.75) is 25.8 Å². The van der Waals surface area contributed by atoms with Gasteiger partial charge in [0.15, 0.2) is 0 Å². The third kappa shape index (κ3) is 3.87. The lowest BCUT2D eigenvalue weighted by Crippen LogP contribution is -2.43. The van der Waals surface area contributed by atoms with Crippen LogP contribution in [0.1, 0.15) is 19.8 Å². The van der Waals surface area contributed by atoms with Gasteiger partial charge >= 0.3 is 0 Å². The normalized spacial score (nSPS) is 18.0. The van der Waals surface area contributed by atoms with E-state index in [1.54, 1.807) is 14.0 Å². The molecule has 1 aliphatic heterocycles. The van der Waals surface area contributed by atoms with Gasteiger partial charge in [-0.2, -0.15) is 4.31 Å². The summed E-state index contributed by atoms with van der Waals surface area (Å²) in [4.78, 5) is 12.5. The summed E-state index contributed by atoms with van der Waals surface area (Å²) >= 11 is 1.23. The van der Waals surface area contributed by atoms with Gasteiger partial charge in [0.25, 0.3) is 0 Å². The molecule has 1 amide bonds. The summed E-state index contributed by atoms with van der Waals surface area (Å²) in [6, 6.07) is 6.69. The Bertz CT molecular complexity index is 897. The molecule has 1 unspecified atom stereocenters. The molecule has 0 bridgehead atoms. The second-order valence-electron chi connectivity index (χ2n) is 5.80.